The summed E-state index contributed by atoms with van der Waals surface area (Å²) in [5.74, 6) is 0.885. The van der Waals surface area contributed by atoms with Crippen molar-refractivity contribution in [3.8, 4) is 5.88 Å². The molecule has 0 aliphatic heterocycles. The Labute approximate surface area is 182 Å². The minimum Gasteiger partial charge on any atom is -0.476 e. The van der Waals surface area contributed by atoms with Crippen molar-refractivity contribution >= 4 is 29.2 Å². The first-order valence-corrected chi connectivity index (χ1v) is 11.1. The van der Waals surface area contributed by atoms with Gasteiger partial charge in [0.05, 0.1) is 19.3 Å². The molecule has 2 amide bonds. The molecule has 166 valence electrons. The first-order valence-electron chi connectivity index (χ1n) is 10.7. The Morgan fingerprint density at radius 3 is 2.67 bits per heavy atom. The van der Waals surface area contributed by atoms with Crippen molar-refractivity contribution in [2.24, 2.45) is 11.8 Å². The fraction of sp³-hybridized carbons (Fsp3) is 0.714. The number of carbonyl (C=O) groups excluding carboxylic acids is 2. The van der Waals surface area contributed by atoms with Gasteiger partial charge in [-0.15, -0.1) is 0 Å². The first-order chi connectivity index (χ1) is 14.4. The van der Waals surface area contributed by atoms with Crippen molar-refractivity contribution in [1.82, 2.24) is 15.3 Å². The van der Waals surface area contributed by atoms with Crippen molar-refractivity contribution in [3.05, 3.63) is 11.3 Å². The summed E-state index contributed by atoms with van der Waals surface area (Å²) >= 11 is 6.37. The third-order valence-corrected chi connectivity index (χ3v) is 6.00. The van der Waals surface area contributed by atoms with Crippen molar-refractivity contribution in [2.75, 3.05) is 18.5 Å². The van der Waals surface area contributed by atoms with Gasteiger partial charge in [-0.1, -0.05) is 30.9 Å². The summed E-state index contributed by atoms with van der Waals surface area (Å²) in [4.78, 5) is 31.7. The Morgan fingerprint density at radius 2 is 1.97 bits per heavy atom. The van der Waals surface area contributed by atoms with Crippen LogP contribution in [0.4, 0.5) is 5.82 Å². The summed E-state index contributed by atoms with van der Waals surface area (Å²) < 4.78 is 11.6. The fourth-order valence-corrected chi connectivity index (χ4v) is 4.14. The Kier molecular flexibility index (Phi) is 8.27. The SMILES string of the molecule is CC(=O)N[C@@H](C)COC1CC(COc2ncnc(NC(=O)C3CCCCC3)c2Cl)C1. The number of ether oxygens (including phenoxy) is 2. The number of amides is 2. The number of nitrogens with one attached hydrogen (secondary N) is 2. The van der Waals surface area contributed by atoms with Crippen LogP contribution in [0.25, 0.3) is 0 Å². The standard InChI is InChI=1S/C21H31ClN4O4/c1-13(25-14(2)27)10-29-17-8-15(9-17)11-30-21-18(22)19(23-12-24-21)26-20(28)16-6-4-3-5-7-16/h12-13,15-17H,3-11H2,1-2H3,(H,25,27)(H,23,24,26,28)/t13-,15?,17?/m0/s1. The molecule has 0 aromatic carbocycles. The Bertz CT molecular complexity index is 736. The molecule has 0 saturated heterocycles. The molecule has 0 radical (unpaired) electrons. The lowest BCUT2D eigenvalue weighted by molar-refractivity contribution is -0.121. The fourth-order valence-electron chi connectivity index (χ4n) is 3.94. The maximum atomic E-state index is 12.4. The van der Waals surface area contributed by atoms with Crippen molar-refractivity contribution in [1.29, 1.82) is 0 Å². The van der Waals surface area contributed by atoms with Crippen LogP contribution in [0.1, 0.15) is 58.8 Å². The zero-order valence-corrected chi connectivity index (χ0v) is 18.4. The van der Waals surface area contributed by atoms with Crippen LogP contribution >= 0.6 is 11.6 Å². The van der Waals surface area contributed by atoms with Gasteiger partial charge in [-0.3, -0.25) is 9.59 Å². The van der Waals surface area contributed by atoms with Gasteiger partial charge in [0.2, 0.25) is 17.7 Å². The third kappa shape index (κ3) is 6.54. The van der Waals surface area contributed by atoms with E-state index in [0.717, 1.165) is 38.5 Å². The predicted molar refractivity (Wildman–Crippen MR) is 113 cm³/mol. The minimum atomic E-state index is -0.0537. The first kappa shape index (κ1) is 22.7. The molecule has 0 spiro atoms. The maximum Gasteiger partial charge on any atom is 0.237 e. The molecule has 3 rings (SSSR count). The lowest BCUT2D eigenvalue weighted by atomic mass is 9.83. The van der Waals surface area contributed by atoms with Crippen molar-refractivity contribution < 1.29 is 19.1 Å². The number of anilines is 1. The van der Waals surface area contributed by atoms with Gasteiger partial charge >= 0.3 is 0 Å². The zero-order valence-electron chi connectivity index (χ0n) is 17.7. The van der Waals surface area contributed by atoms with E-state index < -0.39 is 0 Å². The quantitative estimate of drug-likeness (QED) is 0.613. The average Bonchev–Trinajstić information content (AvgIpc) is 2.69. The summed E-state index contributed by atoms with van der Waals surface area (Å²) in [5.41, 5.74) is 0. The predicted octanol–water partition coefficient (Wildman–Crippen LogP) is 3.35. The Balaban J connectivity index is 1.41. The monoisotopic (exact) mass is 438 g/mol. The summed E-state index contributed by atoms with van der Waals surface area (Å²) in [7, 11) is 0. The smallest absolute Gasteiger partial charge is 0.237 e. The summed E-state index contributed by atoms with van der Waals surface area (Å²) in [6.45, 7) is 4.40. The van der Waals surface area contributed by atoms with Gasteiger partial charge in [0, 0.05) is 18.9 Å². The molecular formula is C21H31ClN4O4. The summed E-state index contributed by atoms with van der Waals surface area (Å²) in [6.07, 6.45) is 8.50. The normalized spacial score (nSPS) is 22.6. The van der Waals surface area contributed by atoms with Gasteiger partial charge in [-0.25, -0.2) is 9.97 Å². The van der Waals surface area contributed by atoms with Crippen LogP contribution in [-0.4, -0.2) is 47.1 Å². The number of hydrogen-bond donors (Lipinski definition) is 2. The zero-order chi connectivity index (χ0) is 21.5. The molecule has 9 heteroatoms. The van der Waals surface area contributed by atoms with Gasteiger partial charge in [0.15, 0.2) is 5.82 Å². The molecule has 2 saturated carbocycles. The molecule has 1 aromatic heterocycles. The van der Waals surface area contributed by atoms with Gasteiger partial charge in [0.1, 0.15) is 11.3 Å². The molecule has 1 atom stereocenters. The van der Waals surface area contributed by atoms with E-state index in [1.165, 1.54) is 19.7 Å². The summed E-state index contributed by atoms with van der Waals surface area (Å²) in [5, 5.41) is 5.87. The van der Waals surface area contributed by atoms with E-state index in [0.29, 0.717) is 24.9 Å². The number of halogens is 1. The maximum absolute atomic E-state index is 12.4. The molecule has 0 unspecified atom stereocenters. The van der Waals surface area contributed by atoms with Gasteiger partial charge in [-0.2, -0.15) is 0 Å². The lowest BCUT2D eigenvalue weighted by Gasteiger charge is -2.35. The second kappa shape index (κ2) is 10.9. The number of aromatic nitrogens is 2. The van der Waals surface area contributed by atoms with E-state index in [1.807, 2.05) is 6.92 Å². The molecule has 2 fully saturated rings. The number of hydrogen-bond acceptors (Lipinski definition) is 6. The van der Waals surface area contributed by atoms with Gasteiger partial charge in [0.25, 0.3) is 0 Å². The molecule has 1 heterocycles. The van der Waals surface area contributed by atoms with E-state index in [1.54, 1.807) is 0 Å². The van der Waals surface area contributed by atoms with Gasteiger partial charge < -0.3 is 20.1 Å². The highest BCUT2D eigenvalue weighted by Gasteiger charge is 2.31. The molecule has 8 nitrogen and oxygen atoms in total. The van der Waals surface area contributed by atoms with Crippen molar-refractivity contribution in [3.63, 3.8) is 0 Å². The summed E-state index contributed by atoms with van der Waals surface area (Å²) in [6, 6.07) is -0.000123. The van der Waals surface area contributed by atoms with Crippen LogP contribution in [-0.2, 0) is 14.3 Å². The van der Waals surface area contributed by atoms with Crippen LogP contribution in [0.5, 0.6) is 5.88 Å². The minimum absolute atomic E-state index is 0.000123. The Hall–Kier alpha value is -1.93. The highest BCUT2D eigenvalue weighted by molar-refractivity contribution is 6.34. The number of nitrogens with zero attached hydrogens (tertiary/aromatic N) is 2. The molecular weight excluding hydrogens is 408 g/mol. The molecule has 1 aromatic rings. The average molecular weight is 439 g/mol. The van der Waals surface area contributed by atoms with Crippen LogP contribution in [0.3, 0.4) is 0 Å². The topological polar surface area (TPSA) is 102 Å². The largest absolute Gasteiger partial charge is 0.476 e. The van der Waals surface area contributed by atoms with Crippen LogP contribution < -0.4 is 15.4 Å². The molecule has 0 bridgehead atoms. The van der Waals surface area contributed by atoms with E-state index in [4.69, 9.17) is 21.1 Å². The van der Waals surface area contributed by atoms with E-state index in [9.17, 15) is 9.59 Å². The number of rotatable bonds is 9. The molecule has 2 N–H and O–H groups in total. The van der Waals surface area contributed by atoms with E-state index >= 15 is 0 Å². The van der Waals surface area contributed by atoms with Crippen LogP contribution in [0.2, 0.25) is 5.02 Å². The van der Waals surface area contributed by atoms with E-state index in [2.05, 4.69) is 20.6 Å². The van der Waals surface area contributed by atoms with Crippen molar-refractivity contribution in [2.45, 2.75) is 70.9 Å². The number of carbonyl (C=O) groups is 2. The second-order valence-corrected chi connectivity index (χ2v) is 8.75. The van der Waals surface area contributed by atoms with Crippen LogP contribution in [0, 0.1) is 11.8 Å². The van der Waals surface area contributed by atoms with Gasteiger partial charge in [-0.05, 0) is 38.5 Å². The molecule has 30 heavy (non-hydrogen) atoms. The second-order valence-electron chi connectivity index (χ2n) is 8.37. The van der Waals surface area contributed by atoms with Crippen LogP contribution in [0.15, 0.2) is 6.33 Å². The highest BCUT2D eigenvalue weighted by Crippen LogP contribution is 2.33. The van der Waals surface area contributed by atoms with E-state index in [-0.39, 0.29) is 40.8 Å². The molecule has 2 aliphatic carbocycles. The third-order valence-electron chi connectivity index (χ3n) is 5.65. The molecule has 2 aliphatic rings. The highest BCUT2D eigenvalue weighted by atomic mass is 35.5. The Morgan fingerprint density at radius 1 is 1.23 bits per heavy atom. The lowest BCUT2D eigenvalue weighted by Crippen LogP contribution is -2.40.